The Hall–Kier alpha value is -4.00. The lowest BCUT2D eigenvalue weighted by atomic mass is 10.1. The van der Waals surface area contributed by atoms with Crippen molar-refractivity contribution in [1.29, 1.82) is 0 Å². The van der Waals surface area contributed by atoms with Crippen LogP contribution in [0.1, 0.15) is 32.2 Å². The molecule has 7 heteroatoms. The molecule has 0 saturated carbocycles. The summed E-state index contributed by atoms with van der Waals surface area (Å²) < 4.78 is 11.8. The van der Waals surface area contributed by atoms with Crippen LogP contribution in [0.15, 0.2) is 71.3 Å². The van der Waals surface area contributed by atoms with Crippen LogP contribution in [0.5, 0.6) is 5.75 Å². The summed E-state index contributed by atoms with van der Waals surface area (Å²) in [7, 11) is 0. The molecule has 2 aromatic carbocycles. The standard InChI is InChI=1S/C26H25N3O4/c1-18-24(26(31)29-14-12-28(13-15-29)25(30)22-8-5-11-27-22)21-16-20(9-10-23(21)33-18)32-17-19-6-3-2-4-7-19/h2-11,16,27H,12-15,17H2,1H3. The third kappa shape index (κ3) is 4.22. The molecule has 0 radical (unpaired) electrons. The maximum atomic E-state index is 13.4. The number of H-pyrrole nitrogens is 1. The molecule has 1 fully saturated rings. The molecule has 168 valence electrons. The molecular weight excluding hydrogens is 418 g/mol. The number of piperazine rings is 1. The Kier molecular flexibility index (Phi) is 5.60. The molecule has 0 unspecified atom stereocenters. The summed E-state index contributed by atoms with van der Waals surface area (Å²) in [6.07, 6.45) is 1.73. The van der Waals surface area contributed by atoms with Crippen molar-refractivity contribution >= 4 is 22.8 Å². The fourth-order valence-corrected chi connectivity index (χ4v) is 4.20. The van der Waals surface area contributed by atoms with Crippen molar-refractivity contribution in [2.24, 2.45) is 0 Å². The zero-order chi connectivity index (χ0) is 22.8. The van der Waals surface area contributed by atoms with Crippen LogP contribution in [0.2, 0.25) is 0 Å². The van der Waals surface area contributed by atoms with Gasteiger partial charge < -0.3 is 23.9 Å². The minimum atomic E-state index is -0.0848. The van der Waals surface area contributed by atoms with Crippen LogP contribution in [-0.2, 0) is 6.61 Å². The van der Waals surface area contributed by atoms with E-state index < -0.39 is 0 Å². The summed E-state index contributed by atoms with van der Waals surface area (Å²) in [6, 6.07) is 19.1. The monoisotopic (exact) mass is 443 g/mol. The molecule has 1 aliphatic heterocycles. The summed E-state index contributed by atoms with van der Waals surface area (Å²) in [4.78, 5) is 32.5. The van der Waals surface area contributed by atoms with E-state index in [0.717, 1.165) is 10.9 Å². The van der Waals surface area contributed by atoms with E-state index in [1.54, 1.807) is 28.1 Å². The number of furan rings is 1. The van der Waals surface area contributed by atoms with Gasteiger partial charge in [-0.3, -0.25) is 9.59 Å². The number of hydrogen-bond acceptors (Lipinski definition) is 4. The highest BCUT2D eigenvalue weighted by molar-refractivity contribution is 6.07. The van der Waals surface area contributed by atoms with E-state index in [9.17, 15) is 9.59 Å². The number of hydrogen-bond donors (Lipinski definition) is 1. The summed E-state index contributed by atoms with van der Waals surface area (Å²) in [6.45, 7) is 4.18. The van der Waals surface area contributed by atoms with Crippen molar-refractivity contribution in [3.8, 4) is 5.75 Å². The maximum absolute atomic E-state index is 13.4. The molecule has 33 heavy (non-hydrogen) atoms. The highest BCUT2D eigenvalue weighted by Crippen LogP contribution is 2.30. The molecule has 0 atom stereocenters. The molecule has 1 N–H and O–H groups in total. The van der Waals surface area contributed by atoms with E-state index in [1.165, 1.54) is 0 Å². The fraction of sp³-hybridized carbons (Fsp3) is 0.231. The highest BCUT2D eigenvalue weighted by atomic mass is 16.5. The number of fused-ring (bicyclic) bond motifs is 1. The van der Waals surface area contributed by atoms with Gasteiger partial charge in [0.25, 0.3) is 11.8 Å². The van der Waals surface area contributed by atoms with Gasteiger partial charge in [-0.05, 0) is 42.8 Å². The lowest BCUT2D eigenvalue weighted by molar-refractivity contribution is 0.0532. The second kappa shape index (κ2) is 8.86. The Morgan fingerprint density at radius 1 is 0.939 bits per heavy atom. The first-order chi connectivity index (χ1) is 16.1. The van der Waals surface area contributed by atoms with Crippen molar-refractivity contribution in [2.75, 3.05) is 26.2 Å². The number of aromatic nitrogens is 1. The average Bonchev–Trinajstić information content (AvgIpc) is 3.50. The second-order valence-electron chi connectivity index (χ2n) is 8.13. The molecule has 1 saturated heterocycles. The van der Waals surface area contributed by atoms with E-state index in [-0.39, 0.29) is 11.8 Å². The predicted molar refractivity (Wildman–Crippen MR) is 124 cm³/mol. The quantitative estimate of drug-likeness (QED) is 0.500. The predicted octanol–water partition coefficient (Wildman–Crippen LogP) is 4.25. The van der Waals surface area contributed by atoms with Crippen LogP contribution < -0.4 is 4.74 Å². The number of carbonyl (C=O) groups is 2. The molecule has 2 amide bonds. The summed E-state index contributed by atoms with van der Waals surface area (Å²) >= 11 is 0. The molecule has 0 aliphatic carbocycles. The zero-order valence-corrected chi connectivity index (χ0v) is 18.4. The highest BCUT2D eigenvalue weighted by Gasteiger charge is 2.29. The molecule has 5 rings (SSSR count). The van der Waals surface area contributed by atoms with Gasteiger partial charge in [-0.1, -0.05) is 30.3 Å². The van der Waals surface area contributed by atoms with Gasteiger partial charge in [0, 0.05) is 37.8 Å². The molecular formula is C26H25N3O4. The van der Waals surface area contributed by atoms with E-state index in [1.807, 2.05) is 55.5 Å². The van der Waals surface area contributed by atoms with Crippen LogP contribution >= 0.6 is 0 Å². The van der Waals surface area contributed by atoms with Crippen molar-refractivity contribution in [3.63, 3.8) is 0 Å². The molecule has 3 heterocycles. The van der Waals surface area contributed by atoms with E-state index in [0.29, 0.717) is 61.1 Å². The Balaban J connectivity index is 1.31. The SMILES string of the molecule is Cc1oc2ccc(OCc3ccccc3)cc2c1C(=O)N1CCN(C(=O)c2ccc[nH]2)CC1. The summed E-state index contributed by atoms with van der Waals surface area (Å²) in [5, 5.41) is 0.743. The van der Waals surface area contributed by atoms with Crippen LogP contribution in [0, 0.1) is 6.92 Å². The smallest absolute Gasteiger partial charge is 0.270 e. The van der Waals surface area contributed by atoms with E-state index in [2.05, 4.69) is 4.98 Å². The molecule has 0 spiro atoms. The minimum absolute atomic E-state index is 0.0442. The normalized spacial score (nSPS) is 14.0. The number of amides is 2. The summed E-state index contributed by atoms with van der Waals surface area (Å²) in [5.74, 6) is 1.14. The Morgan fingerprint density at radius 3 is 2.36 bits per heavy atom. The van der Waals surface area contributed by atoms with Gasteiger partial charge >= 0.3 is 0 Å². The van der Waals surface area contributed by atoms with Gasteiger partial charge in [0.2, 0.25) is 0 Å². The van der Waals surface area contributed by atoms with Gasteiger partial charge in [-0.2, -0.15) is 0 Å². The number of rotatable bonds is 5. The van der Waals surface area contributed by atoms with Gasteiger partial charge in [0.15, 0.2) is 0 Å². The number of ether oxygens (including phenoxy) is 1. The number of aromatic amines is 1. The lowest BCUT2D eigenvalue weighted by Crippen LogP contribution is -2.50. The fourth-order valence-electron chi connectivity index (χ4n) is 4.20. The van der Waals surface area contributed by atoms with Crippen LogP contribution in [0.3, 0.4) is 0 Å². The molecule has 2 aromatic heterocycles. The maximum Gasteiger partial charge on any atom is 0.270 e. The molecule has 7 nitrogen and oxygen atoms in total. The van der Waals surface area contributed by atoms with Crippen LogP contribution in [0.25, 0.3) is 11.0 Å². The van der Waals surface area contributed by atoms with Crippen molar-refractivity contribution in [2.45, 2.75) is 13.5 Å². The lowest BCUT2D eigenvalue weighted by Gasteiger charge is -2.34. The Labute approximate surface area is 191 Å². The van der Waals surface area contributed by atoms with E-state index in [4.69, 9.17) is 9.15 Å². The van der Waals surface area contributed by atoms with Crippen molar-refractivity contribution in [3.05, 3.63) is 89.4 Å². The number of aryl methyl sites for hydroxylation is 1. The molecule has 0 bridgehead atoms. The first-order valence-corrected chi connectivity index (χ1v) is 11.0. The first kappa shape index (κ1) is 20.9. The zero-order valence-electron chi connectivity index (χ0n) is 18.4. The van der Waals surface area contributed by atoms with Crippen molar-refractivity contribution < 1.29 is 18.7 Å². The molecule has 4 aromatic rings. The third-order valence-corrected chi connectivity index (χ3v) is 5.98. The van der Waals surface area contributed by atoms with E-state index >= 15 is 0 Å². The number of nitrogens with one attached hydrogen (secondary N) is 1. The number of nitrogens with zero attached hydrogens (tertiary/aromatic N) is 2. The topological polar surface area (TPSA) is 78.8 Å². The number of carbonyl (C=O) groups excluding carboxylic acids is 2. The Morgan fingerprint density at radius 2 is 1.67 bits per heavy atom. The average molecular weight is 444 g/mol. The van der Waals surface area contributed by atoms with Crippen LogP contribution in [-0.4, -0.2) is 52.8 Å². The summed E-state index contributed by atoms with van der Waals surface area (Å²) in [5.41, 5.74) is 2.85. The van der Waals surface area contributed by atoms with Gasteiger partial charge in [-0.25, -0.2) is 0 Å². The number of benzene rings is 2. The third-order valence-electron chi connectivity index (χ3n) is 5.98. The molecule has 1 aliphatic rings. The first-order valence-electron chi connectivity index (χ1n) is 11.0. The Bertz CT molecular complexity index is 1270. The van der Waals surface area contributed by atoms with Crippen LogP contribution in [0.4, 0.5) is 0 Å². The van der Waals surface area contributed by atoms with Gasteiger partial charge in [0.05, 0.1) is 5.56 Å². The minimum Gasteiger partial charge on any atom is -0.489 e. The second-order valence-corrected chi connectivity index (χ2v) is 8.13. The van der Waals surface area contributed by atoms with Crippen molar-refractivity contribution in [1.82, 2.24) is 14.8 Å². The largest absolute Gasteiger partial charge is 0.489 e. The van der Waals surface area contributed by atoms with Gasteiger partial charge in [-0.15, -0.1) is 0 Å². The van der Waals surface area contributed by atoms with Gasteiger partial charge in [0.1, 0.15) is 29.4 Å².